The summed E-state index contributed by atoms with van der Waals surface area (Å²) in [6.45, 7) is 3.03. The summed E-state index contributed by atoms with van der Waals surface area (Å²) < 4.78 is 31.1. The quantitative estimate of drug-likeness (QED) is 0.275. The predicted molar refractivity (Wildman–Crippen MR) is 149 cm³/mol. The number of amides is 2. The number of rotatable bonds is 11. The van der Waals surface area contributed by atoms with Crippen molar-refractivity contribution in [3.63, 3.8) is 0 Å². The first-order chi connectivity index (χ1) is 18.0. The van der Waals surface area contributed by atoms with Crippen molar-refractivity contribution in [3.05, 3.63) is 94.5 Å². The maximum absolute atomic E-state index is 12.4. The highest BCUT2D eigenvalue weighted by Crippen LogP contribution is 2.25. The Morgan fingerprint density at radius 3 is 2.37 bits per heavy atom. The maximum Gasteiger partial charge on any atom is 0.260 e. The van der Waals surface area contributed by atoms with Crippen molar-refractivity contribution in [1.82, 2.24) is 10.7 Å². The van der Waals surface area contributed by atoms with E-state index in [0.717, 1.165) is 16.1 Å². The minimum absolute atomic E-state index is 0.134. The van der Waals surface area contributed by atoms with Crippen molar-refractivity contribution < 1.29 is 22.7 Å². The average molecular weight is 557 g/mol. The molecule has 9 nitrogen and oxygen atoms in total. The number of nitrogens with zero attached hydrogens (tertiary/aromatic N) is 2. The number of hydrazone groups is 1. The molecule has 0 radical (unpaired) electrons. The lowest BCUT2D eigenvalue weighted by atomic mass is 10.1. The van der Waals surface area contributed by atoms with Gasteiger partial charge in [0.05, 0.1) is 24.2 Å². The van der Waals surface area contributed by atoms with E-state index >= 15 is 0 Å². The van der Waals surface area contributed by atoms with Crippen molar-refractivity contribution in [1.29, 1.82) is 0 Å². The van der Waals surface area contributed by atoms with Crippen molar-refractivity contribution in [3.8, 4) is 5.75 Å². The van der Waals surface area contributed by atoms with Crippen molar-refractivity contribution >= 4 is 45.3 Å². The Hall–Kier alpha value is -3.89. The van der Waals surface area contributed by atoms with Crippen LogP contribution in [0.5, 0.6) is 5.75 Å². The highest BCUT2D eigenvalue weighted by Gasteiger charge is 2.22. The second-order valence-electron chi connectivity index (χ2n) is 8.55. The van der Waals surface area contributed by atoms with Gasteiger partial charge in [-0.1, -0.05) is 41.9 Å². The van der Waals surface area contributed by atoms with Gasteiger partial charge in [-0.05, 0) is 73.0 Å². The molecule has 0 unspecified atom stereocenters. The van der Waals surface area contributed by atoms with Crippen LogP contribution in [0.1, 0.15) is 29.7 Å². The smallest absolute Gasteiger partial charge is 0.260 e. The number of ether oxygens (including phenoxy) is 1. The molecule has 2 N–H and O–H groups in total. The van der Waals surface area contributed by atoms with E-state index < -0.39 is 22.5 Å². The molecule has 0 fully saturated rings. The predicted octanol–water partition coefficient (Wildman–Crippen LogP) is 3.82. The highest BCUT2D eigenvalue weighted by molar-refractivity contribution is 7.92. The van der Waals surface area contributed by atoms with Gasteiger partial charge in [-0.2, -0.15) is 5.10 Å². The van der Waals surface area contributed by atoms with E-state index in [0.29, 0.717) is 27.6 Å². The Balaban J connectivity index is 1.50. The Kier molecular flexibility index (Phi) is 9.86. The number of nitrogens with one attached hydrogen (secondary N) is 2. The first-order valence-electron chi connectivity index (χ1n) is 11.7. The van der Waals surface area contributed by atoms with Crippen LogP contribution in [0.15, 0.2) is 77.9 Å². The third kappa shape index (κ3) is 8.60. The lowest BCUT2D eigenvalue weighted by Gasteiger charge is -2.23. The van der Waals surface area contributed by atoms with Gasteiger partial charge in [-0.25, -0.2) is 13.8 Å². The normalized spacial score (nSPS) is 12.1. The SMILES string of the molecule is Cc1cc(Cl)ccc1N(CC(=O)N/N=C\c1ccc(OCC(=O)N[C@@H](C)c2ccccc2)cc1)S(C)(=O)=O. The molecule has 0 aromatic heterocycles. The van der Waals surface area contributed by atoms with Gasteiger partial charge in [0.15, 0.2) is 6.61 Å². The first kappa shape index (κ1) is 28.7. The molecule has 0 saturated carbocycles. The number of hydrogen-bond acceptors (Lipinski definition) is 6. The van der Waals surface area contributed by atoms with E-state index in [1.807, 2.05) is 37.3 Å². The van der Waals surface area contributed by atoms with E-state index in [1.54, 1.807) is 49.4 Å². The standard InChI is InChI=1S/C27H29ClN4O5S/c1-19-15-23(28)11-14-25(19)32(38(3,35)36)17-26(33)31-29-16-21-9-12-24(13-10-21)37-18-27(34)30-20(2)22-7-5-4-6-8-22/h4-16,20H,17-18H2,1-3H3,(H,30,34)(H,31,33)/b29-16-/t20-/m0/s1. The van der Waals surface area contributed by atoms with Crippen LogP contribution in [-0.4, -0.2) is 45.9 Å². The van der Waals surface area contributed by atoms with Gasteiger partial charge in [-0.15, -0.1) is 0 Å². The van der Waals surface area contributed by atoms with Crippen LogP contribution in [0.25, 0.3) is 0 Å². The zero-order valence-electron chi connectivity index (χ0n) is 21.2. The van der Waals surface area contributed by atoms with Crippen LogP contribution in [-0.2, 0) is 19.6 Å². The average Bonchev–Trinajstić information content (AvgIpc) is 2.87. The number of carbonyl (C=O) groups excluding carboxylic acids is 2. The number of sulfonamides is 1. The summed E-state index contributed by atoms with van der Waals surface area (Å²) in [6, 6.07) is 21.0. The number of benzene rings is 3. The zero-order valence-corrected chi connectivity index (χ0v) is 22.8. The fourth-order valence-corrected chi connectivity index (χ4v) is 4.67. The molecule has 0 spiro atoms. The molecule has 3 rings (SSSR count). The molecule has 0 heterocycles. The molecular formula is C27H29ClN4O5S. The summed E-state index contributed by atoms with van der Waals surface area (Å²) in [5, 5.41) is 7.25. The molecule has 200 valence electrons. The second kappa shape index (κ2) is 13.1. The van der Waals surface area contributed by atoms with E-state index in [-0.39, 0.29) is 18.6 Å². The Bertz CT molecular complexity index is 1400. The lowest BCUT2D eigenvalue weighted by molar-refractivity contribution is -0.123. The first-order valence-corrected chi connectivity index (χ1v) is 13.9. The second-order valence-corrected chi connectivity index (χ2v) is 10.9. The molecule has 0 saturated heterocycles. The molecule has 38 heavy (non-hydrogen) atoms. The molecule has 2 amide bonds. The van der Waals surface area contributed by atoms with Gasteiger partial charge in [-0.3, -0.25) is 13.9 Å². The zero-order chi connectivity index (χ0) is 27.7. The Morgan fingerprint density at radius 1 is 1.05 bits per heavy atom. The molecule has 3 aromatic carbocycles. The van der Waals surface area contributed by atoms with E-state index in [2.05, 4.69) is 15.8 Å². The summed E-state index contributed by atoms with van der Waals surface area (Å²) >= 11 is 5.96. The maximum atomic E-state index is 12.4. The van der Waals surface area contributed by atoms with Crippen LogP contribution in [0.2, 0.25) is 5.02 Å². The van der Waals surface area contributed by atoms with Gasteiger partial charge < -0.3 is 10.1 Å². The van der Waals surface area contributed by atoms with Crippen molar-refractivity contribution in [2.24, 2.45) is 5.10 Å². The molecule has 0 bridgehead atoms. The molecule has 0 aliphatic rings. The molecule has 11 heteroatoms. The topological polar surface area (TPSA) is 117 Å². The van der Waals surface area contributed by atoms with E-state index in [9.17, 15) is 18.0 Å². The number of halogens is 1. The largest absolute Gasteiger partial charge is 0.484 e. The van der Waals surface area contributed by atoms with Gasteiger partial charge >= 0.3 is 0 Å². The molecular weight excluding hydrogens is 528 g/mol. The fraction of sp³-hybridized carbons (Fsp3) is 0.222. The van der Waals surface area contributed by atoms with E-state index in [4.69, 9.17) is 16.3 Å². The molecule has 0 aliphatic carbocycles. The number of anilines is 1. The third-order valence-electron chi connectivity index (χ3n) is 5.45. The number of hydrogen-bond donors (Lipinski definition) is 2. The summed E-state index contributed by atoms with van der Waals surface area (Å²) in [5.41, 5.74) is 4.97. The fourth-order valence-electron chi connectivity index (χ4n) is 3.53. The van der Waals surface area contributed by atoms with Crippen LogP contribution in [0, 0.1) is 6.92 Å². The molecule has 3 aromatic rings. The lowest BCUT2D eigenvalue weighted by Crippen LogP contribution is -2.39. The summed E-state index contributed by atoms with van der Waals surface area (Å²) in [7, 11) is -3.73. The Labute approximate surface area is 227 Å². The van der Waals surface area contributed by atoms with Crippen LogP contribution >= 0.6 is 11.6 Å². The van der Waals surface area contributed by atoms with Gasteiger partial charge in [0, 0.05) is 5.02 Å². The minimum atomic E-state index is -3.73. The monoisotopic (exact) mass is 556 g/mol. The van der Waals surface area contributed by atoms with Crippen LogP contribution < -0.4 is 19.8 Å². The number of aryl methyl sites for hydroxylation is 1. The summed E-state index contributed by atoms with van der Waals surface area (Å²) in [5.74, 6) is -0.362. The summed E-state index contributed by atoms with van der Waals surface area (Å²) in [6.07, 6.45) is 2.43. The minimum Gasteiger partial charge on any atom is -0.484 e. The van der Waals surface area contributed by atoms with Gasteiger partial charge in [0.1, 0.15) is 12.3 Å². The highest BCUT2D eigenvalue weighted by atomic mass is 35.5. The molecule has 0 aliphatic heterocycles. The van der Waals surface area contributed by atoms with Gasteiger partial charge in [0.25, 0.3) is 11.8 Å². The van der Waals surface area contributed by atoms with E-state index in [1.165, 1.54) is 6.21 Å². The van der Waals surface area contributed by atoms with Gasteiger partial charge in [0.2, 0.25) is 10.0 Å². The number of carbonyl (C=O) groups is 2. The van der Waals surface area contributed by atoms with Crippen LogP contribution in [0.3, 0.4) is 0 Å². The van der Waals surface area contributed by atoms with Crippen LogP contribution in [0.4, 0.5) is 5.69 Å². The Morgan fingerprint density at radius 2 is 1.74 bits per heavy atom. The summed E-state index contributed by atoms with van der Waals surface area (Å²) in [4.78, 5) is 24.6. The van der Waals surface area contributed by atoms with Crippen molar-refractivity contribution in [2.75, 3.05) is 23.7 Å². The third-order valence-corrected chi connectivity index (χ3v) is 6.81. The van der Waals surface area contributed by atoms with Crippen molar-refractivity contribution in [2.45, 2.75) is 19.9 Å². The molecule has 1 atom stereocenters.